The van der Waals surface area contributed by atoms with Crippen LogP contribution >= 0.6 is 0 Å². The molecule has 2 heterocycles. The monoisotopic (exact) mass is 285 g/mol. The molecule has 5 nitrogen and oxygen atoms in total. The minimum absolute atomic E-state index is 0.0305. The van der Waals surface area contributed by atoms with Crippen molar-refractivity contribution in [3.63, 3.8) is 0 Å². The summed E-state index contributed by atoms with van der Waals surface area (Å²) in [5.74, 6) is 0. The summed E-state index contributed by atoms with van der Waals surface area (Å²) in [6.07, 6.45) is 6.37. The van der Waals surface area contributed by atoms with Crippen molar-refractivity contribution in [2.75, 3.05) is 6.54 Å². The van der Waals surface area contributed by atoms with Crippen molar-refractivity contribution in [2.24, 2.45) is 0 Å². The van der Waals surface area contributed by atoms with E-state index in [0.29, 0.717) is 6.61 Å². The molecule has 1 atom stereocenters. The molecule has 3 rings (SSSR count). The van der Waals surface area contributed by atoms with Gasteiger partial charge in [0.25, 0.3) is 0 Å². The molecule has 110 valence electrons. The van der Waals surface area contributed by atoms with E-state index < -0.39 is 0 Å². The average Bonchev–Trinajstić information content (AvgIpc) is 3.08. The molecule has 1 aliphatic rings. The van der Waals surface area contributed by atoms with Crippen LogP contribution < -0.4 is 0 Å². The van der Waals surface area contributed by atoms with Crippen LogP contribution in [-0.2, 0) is 11.3 Å². The van der Waals surface area contributed by atoms with Gasteiger partial charge in [-0.3, -0.25) is 4.90 Å². The summed E-state index contributed by atoms with van der Waals surface area (Å²) in [6.45, 7) is 1.03. The molecule has 0 spiro atoms. The van der Waals surface area contributed by atoms with E-state index in [1.807, 2.05) is 47.3 Å². The first-order chi connectivity index (χ1) is 10.3. The summed E-state index contributed by atoms with van der Waals surface area (Å²) < 4.78 is 7.28. The number of carbonyl (C=O) groups is 1. The lowest BCUT2D eigenvalue weighted by Gasteiger charge is -2.34. The van der Waals surface area contributed by atoms with Crippen LogP contribution in [0.5, 0.6) is 0 Å². The topological polar surface area (TPSA) is 47.4 Å². The van der Waals surface area contributed by atoms with E-state index in [0.717, 1.165) is 31.4 Å². The van der Waals surface area contributed by atoms with Gasteiger partial charge in [-0.05, 0) is 30.9 Å². The maximum atomic E-state index is 12.3. The van der Waals surface area contributed by atoms with E-state index in [-0.39, 0.29) is 12.3 Å². The highest BCUT2D eigenvalue weighted by Gasteiger charge is 2.29. The molecule has 2 aromatic rings. The minimum atomic E-state index is -0.265. The molecule has 1 aliphatic heterocycles. The number of hydrogen-bond acceptors (Lipinski definition) is 3. The second-order valence-corrected chi connectivity index (χ2v) is 5.20. The van der Waals surface area contributed by atoms with Crippen molar-refractivity contribution in [3.05, 3.63) is 54.4 Å². The van der Waals surface area contributed by atoms with Gasteiger partial charge in [0.05, 0.1) is 0 Å². The van der Waals surface area contributed by atoms with Crippen molar-refractivity contribution in [1.29, 1.82) is 0 Å². The fraction of sp³-hybridized carbons (Fsp3) is 0.375. The molecule has 1 unspecified atom stereocenters. The second kappa shape index (κ2) is 6.43. The molecule has 1 fully saturated rings. The number of rotatable bonds is 3. The zero-order valence-corrected chi connectivity index (χ0v) is 11.9. The van der Waals surface area contributed by atoms with Crippen LogP contribution in [0.3, 0.4) is 0 Å². The van der Waals surface area contributed by atoms with Gasteiger partial charge in [0.2, 0.25) is 0 Å². The molecule has 5 heteroatoms. The molecule has 1 amide bonds. The van der Waals surface area contributed by atoms with Gasteiger partial charge in [0.15, 0.2) is 0 Å². The van der Waals surface area contributed by atoms with E-state index >= 15 is 0 Å². The third-order valence-corrected chi connectivity index (χ3v) is 3.74. The first kappa shape index (κ1) is 13.7. The highest BCUT2D eigenvalue weighted by molar-refractivity contribution is 5.67. The Morgan fingerprint density at radius 2 is 2.10 bits per heavy atom. The Morgan fingerprint density at radius 3 is 2.86 bits per heavy atom. The Kier molecular flexibility index (Phi) is 4.19. The number of amides is 1. The maximum absolute atomic E-state index is 12.3. The number of likely N-dealkylation sites (tertiary alicyclic amines) is 1. The molecule has 0 saturated carbocycles. The maximum Gasteiger partial charge on any atom is 0.411 e. The van der Waals surface area contributed by atoms with E-state index in [9.17, 15) is 4.79 Å². The molecule has 0 bridgehead atoms. The first-order valence-corrected chi connectivity index (χ1v) is 7.31. The van der Waals surface area contributed by atoms with Crippen LogP contribution in [0.25, 0.3) is 0 Å². The molecular weight excluding hydrogens is 266 g/mol. The number of hydrogen-bond donors (Lipinski definition) is 0. The SMILES string of the molecule is O=C(OCc1ccccc1)N1CCCCC1n1cccn1. The van der Waals surface area contributed by atoms with Crippen LogP contribution in [0.4, 0.5) is 4.79 Å². The lowest BCUT2D eigenvalue weighted by Crippen LogP contribution is -2.41. The summed E-state index contributed by atoms with van der Waals surface area (Å²) in [4.78, 5) is 14.1. The van der Waals surface area contributed by atoms with Gasteiger partial charge < -0.3 is 4.74 Å². The third-order valence-electron chi connectivity index (χ3n) is 3.74. The smallest absolute Gasteiger partial charge is 0.411 e. The fourth-order valence-corrected chi connectivity index (χ4v) is 2.66. The van der Waals surface area contributed by atoms with Gasteiger partial charge in [-0.1, -0.05) is 30.3 Å². The predicted octanol–water partition coefficient (Wildman–Crippen LogP) is 3.20. The summed E-state index contributed by atoms with van der Waals surface area (Å²) in [7, 11) is 0. The normalized spacial score (nSPS) is 18.5. The minimum Gasteiger partial charge on any atom is -0.444 e. The first-order valence-electron chi connectivity index (χ1n) is 7.31. The van der Waals surface area contributed by atoms with Crippen LogP contribution in [-0.4, -0.2) is 27.3 Å². The molecule has 0 radical (unpaired) electrons. The number of nitrogens with zero attached hydrogens (tertiary/aromatic N) is 3. The molecule has 0 N–H and O–H groups in total. The van der Waals surface area contributed by atoms with Crippen molar-refractivity contribution < 1.29 is 9.53 Å². The van der Waals surface area contributed by atoms with E-state index in [2.05, 4.69) is 5.10 Å². The summed E-state index contributed by atoms with van der Waals surface area (Å²) in [6, 6.07) is 11.6. The largest absolute Gasteiger partial charge is 0.444 e. The Hall–Kier alpha value is -2.30. The number of piperidine rings is 1. The third kappa shape index (κ3) is 3.24. The van der Waals surface area contributed by atoms with Crippen LogP contribution in [0.2, 0.25) is 0 Å². The van der Waals surface area contributed by atoms with Crippen molar-refractivity contribution >= 4 is 6.09 Å². The van der Waals surface area contributed by atoms with Gasteiger partial charge in [-0.25, -0.2) is 9.48 Å². The molecule has 1 saturated heterocycles. The zero-order valence-electron chi connectivity index (χ0n) is 11.9. The van der Waals surface area contributed by atoms with Crippen molar-refractivity contribution in [1.82, 2.24) is 14.7 Å². The van der Waals surface area contributed by atoms with E-state index in [4.69, 9.17) is 4.74 Å². The number of carbonyl (C=O) groups excluding carboxylic acids is 1. The molecule has 0 aliphatic carbocycles. The van der Waals surface area contributed by atoms with Crippen molar-refractivity contribution in [2.45, 2.75) is 32.0 Å². The average molecular weight is 285 g/mol. The molecule has 21 heavy (non-hydrogen) atoms. The van der Waals surface area contributed by atoms with Crippen LogP contribution in [0.1, 0.15) is 31.0 Å². The van der Waals surface area contributed by atoms with Crippen LogP contribution in [0, 0.1) is 0 Å². The highest BCUT2D eigenvalue weighted by Crippen LogP contribution is 2.26. The Balaban J connectivity index is 1.64. The van der Waals surface area contributed by atoms with E-state index in [1.165, 1.54) is 0 Å². The highest BCUT2D eigenvalue weighted by atomic mass is 16.6. The molecular formula is C16H19N3O2. The van der Waals surface area contributed by atoms with Crippen molar-refractivity contribution in [3.8, 4) is 0 Å². The summed E-state index contributed by atoms with van der Waals surface area (Å²) in [5, 5.41) is 4.26. The van der Waals surface area contributed by atoms with Gasteiger partial charge in [0.1, 0.15) is 12.8 Å². The Labute approximate surface area is 124 Å². The molecule has 1 aromatic carbocycles. The zero-order chi connectivity index (χ0) is 14.5. The number of benzene rings is 1. The fourth-order valence-electron chi connectivity index (χ4n) is 2.66. The standard InChI is InChI=1S/C16H19N3O2/c20-16(21-13-14-7-2-1-3-8-14)18-11-5-4-9-15(18)19-12-6-10-17-19/h1-3,6-8,10,12,15H,4-5,9,11,13H2. The summed E-state index contributed by atoms with van der Waals surface area (Å²) >= 11 is 0. The van der Waals surface area contributed by atoms with E-state index in [1.54, 1.807) is 11.1 Å². The lowest BCUT2D eigenvalue weighted by molar-refractivity contribution is 0.0439. The van der Waals surface area contributed by atoms with Crippen LogP contribution in [0.15, 0.2) is 48.8 Å². The molecule has 1 aromatic heterocycles. The van der Waals surface area contributed by atoms with Gasteiger partial charge in [-0.15, -0.1) is 0 Å². The second-order valence-electron chi connectivity index (χ2n) is 5.20. The predicted molar refractivity (Wildman–Crippen MR) is 78.4 cm³/mol. The number of ether oxygens (including phenoxy) is 1. The van der Waals surface area contributed by atoms with Gasteiger partial charge in [-0.2, -0.15) is 5.10 Å². The summed E-state index contributed by atoms with van der Waals surface area (Å²) in [5.41, 5.74) is 0.999. The lowest BCUT2D eigenvalue weighted by atomic mass is 10.1. The Morgan fingerprint density at radius 1 is 1.24 bits per heavy atom. The number of aromatic nitrogens is 2. The quantitative estimate of drug-likeness (QED) is 0.870. The van der Waals surface area contributed by atoms with Gasteiger partial charge in [0, 0.05) is 18.9 Å². The van der Waals surface area contributed by atoms with Gasteiger partial charge >= 0.3 is 6.09 Å². The Bertz CT molecular complexity index is 568.